The summed E-state index contributed by atoms with van der Waals surface area (Å²) in [6, 6.07) is -0.0210. The molecule has 2 aromatic heterocycles. The van der Waals surface area contributed by atoms with Crippen LogP contribution in [0.3, 0.4) is 0 Å². The van der Waals surface area contributed by atoms with Gasteiger partial charge in [0.15, 0.2) is 5.75 Å². The first-order valence-corrected chi connectivity index (χ1v) is 7.03. The van der Waals surface area contributed by atoms with Gasteiger partial charge in [-0.1, -0.05) is 6.92 Å². The second-order valence-electron chi connectivity index (χ2n) is 4.70. The van der Waals surface area contributed by atoms with Crippen molar-refractivity contribution >= 4 is 0 Å². The molecule has 0 spiro atoms. The van der Waals surface area contributed by atoms with Gasteiger partial charge in [-0.05, 0) is 19.9 Å². The summed E-state index contributed by atoms with van der Waals surface area (Å²) in [6.45, 7) is 5.94. The van der Waals surface area contributed by atoms with Crippen molar-refractivity contribution in [1.82, 2.24) is 24.6 Å². The highest BCUT2D eigenvalue weighted by atomic mass is 16.5. The molecule has 0 aliphatic rings. The molecular weight excluding hydrogens is 254 g/mol. The highest BCUT2D eigenvalue weighted by Gasteiger charge is 2.25. The van der Waals surface area contributed by atoms with Crippen molar-refractivity contribution in [1.29, 1.82) is 0 Å². The van der Waals surface area contributed by atoms with Crippen LogP contribution in [-0.4, -0.2) is 33.0 Å². The molecule has 0 aromatic carbocycles. The lowest BCUT2D eigenvalue weighted by Crippen LogP contribution is -2.28. The van der Waals surface area contributed by atoms with E-state index in [9.17, 15) is 0 Å². The number of hydrogen-bond acceptors (Lipinski definition) is 4. The Morgan fingerprint density at radius 3 is 2.75 bits per heavy atom. The van der Waals surface area contributed by atoms with Crippen LogP contribution >= 0.6 is 0 Å². The largest absolute Gasteiger partial charge is 0.493 e. The molecule has 0 saturated carbocycles. The molecule has 2 aromatic rings. The smallest absolute Gasteiger partial charge is 0.162 e. The summed E-state index contributed by atoms with van der Waals surface area (Å²) in [5, 5.41) is 7.93. The van der Waals surface area contributed by atoms with Crippen molar-refractivity contribution < 1.29 is 4.74 Å². The van der Waals surface area contributed by atoms with Gasteiger partial charge in [-0.3, -0.25) is 4.68 Å². The van der Waals surface area contributed by atoms with Gasteiger partial charge in [0.2, 0.25) is 0 Å². The molecule has 6 heteroatoms. The second-order valence-corrected chi connectivity index (χ2v) is 4.70. The SMILES string of the molecule is CCCNC(c1nccn1C)c1c(OC)cnn1CC. The predicted molar refractivity (Wildman–Crippen MR) is 77.8 cm³/mol. The maximum Gasteiger partial charge on any atom is 0.162 e. The fourth-order valence-corrected chi connectivity index (χ4v) is 2.33. The summed E-state index contributed by atoms with van der Waals surface area (Å²) in [5.41, 5.74) is 1.03. The van der Waals surface area contributed by atoms with Crippen LogP contribution in [0, 0.1) is 0 Å². The summed E-state index contributed by atoms with van der Waals surface area (Å²) < 4.78 is 9.45. The van der Waals surface area contributed by atoms with E-state index in [2.05, 4.69) is 29.2 Å². The van der Waals surface area contributed by atoms with Gasteiger partial charge in [0.1, 0.15) is 17.6 Å². The molecule has 0 fully saturated rings. The van der Waals surface area contributed by atoms with E-state index < -0.39 is 0 Å². The average molecular weight is 277 g/mol. The van der Waals surface area contributed by atoms with Gasteiger partial charge in [-0.2, -0.15) is 5.10 Å². The van der Waals surface area contributed by atoms with Gasteiger partial charge in [0.05, 0.1) is 13.3 Å². The Balaban J connectivity index is 2.46. The number of imidazole rings is 1. The van der Waals surface area contributed by atoms with Crippen LogP contribution in [0.25, 0.3) is 0 Å². The van der Waals surface area contributed by atoms with Crippen LogP contribution in [0.5, 0.6) is 5.75 Å². The summed E-state index contributed by atoms with van der Waals surface area (Å²) in [7, 11) is 3.68. The lowest BCUT2D eigenvalue weighted by Gasteiger charge is -2.20. The zero-order valence-electron chi connectivity index (χ0n) is 12.6. The van der Waals surface area contributed by atoms with E-state index >= 15 is 0 Å². The first kappa shape index (κ1) is 14.6. The fourth-order valence-electron chi connectivity index (χ4n) is 2.33. The highest BCUT2D eigenvalue weighted by molar-refractivity contribution is 5.32. The van der Waals surface area contributed by atoms with Gasteiger partial charge in [-0.25, -0.2) is 4.98 Å². The van der Waals surface area contributed by atoms with E-state index in [4.69, 9.17) is 4.74 Å². The standard InChI is InChI=1S/C14H23N5O/c1-5-7-15-12(14-16-8-9-18(14)3)13-11(20-4)10-17-19(13)6-2/h8-10,12,15H,5-7H2,1-4H3. The van der Waals surface area contributed by atoms with Crippen molar-refractivity contribution in [3.05, 3.63) is 30.1 Å². The normalized spacial score (nSPS) is 12.6. The monoisotopic (exact) mass is 277 g/mol. The van der Waals surface area contributed by atoms with E-state index in [1.807, 2.05) is 28.7 Å². The van der Waals surface area contributed by atoms with E-state index in [1.165, 1.54) is 0 Å². The van der Waals surface area contributed by atoms with Crippen LogP contribution in [0.15, 0.2) is 18.6 Å². The van der Waals surface area contributed by atoms with Gasteiger partial charge in [-0.15, -0.1) is 0 Å². The van der Waals surface area contributed by atoms with E-state index in [1.54, 1.807) is 13.3 Å². The zero-order chi connectivity index (χ0) is 14.5. The molecule has 6 nitrogen and oxygen atoms in total. The number of rotatable bonds is 7. The molecule has 0 aliphatic heterocycles. The van der Waals surface area contributed by atoms with Crippen LogP contribution in [0.2, 0.25) is 0 Å². The van der Waals surface area contributed by atoms with E-state index in [0.29, 0.717) is 0 Å². The second kappa shape index (κ2) is 6.56. The number of hydrogen-bond donors (Lipinski definition) is 1. The quantitative estimate of drug-likeness (QED) is 0.837. The molecule has 1 N–H and O–H groups in total. The molecule has 2 heterocycles. The highest BCUT2D eigenvalue weighted by Crippen LogP contribution is 2.29. The van der Waals surface area contributed by atoms with Gasteiger partial charge in [0.25, 0.3) is 0 Å². The predicted octanol–water partition coefficient (Wildman–Crippen LogP) is 1.73. The van der Waals surface area contributed by atoms with Gasteiger partial charge < -0.3 is 14.6 Å². The van der Waals surface area contributed by atoms with Crippen molar-refractivity contribution in [3.8, 4) is 5.75 Å². The maximum atomic E-state index is 5.47. The van der Waals surface area contributed by atoms with Crippen molar-refractivity contribution in [3.63, 3.8) is 0 Å². The van der Waals surface area contributed by atoms with Crippen LogP contribution < -0.4 is 10.1 Å². The Hall–Kier alpha value is -1.82. The first-order chi connectivity index (χ1) is 9.72. The minimum Gasteiger partial charge on any atom is -0.493 e. The summed E-state index contributed by atoms with van der Waals surface area (Å²) in [6.07, 6.45) is 6.59. The molecule has 1 atom stereocenters. The van der Waals surface area contributed by atoms with Gasteiger partial charge in [0, 0.05) is 26.0 Å². The van der Waals surface area contributed by atoms with Crippen LogP contribution in [-0.2, 0) is 13.6 Å². The van der Waals surface area contributed by atoms with Crippen molar-refractivity contribution in [2.75, 3.05) is 13.7 Å². The molecule has 2 rings (SSSR count). The third-order valence-corrected chi connectivity index (χ3v) is 3.35. The minimum absolute atomic E-state index is 0.0210. The Kier molecular flexibility index (Phi) is 4.79. The third kappa shape index (κ3) is 2.70. The summed E-state index contributed by atoms with van der Waals surface area (Å²) >= 11 is 0. The number of aromatic nitrogens is 4. The Labute approximate surface area is 119 Å². The topological polar surface area (TPSA) is 56.9 Å². The van der Waals surface area contributed by atoms with Crippen molar-refractivity contribution in [2.24, 2.45) is 7.05 Å². The summed E-state index contributed by atoms with van der Waals surface area (Å²) in [4.78, 5) is 4.48. The molecule has 0 amide bonds. The van der Waals surface area contributed by atoms with Crippen LogP contribution in [0.4, 0.5) is 0 Å². The molecule has 0 saturated heterocycles. The molecular formula is C14H23N5O. The lowest BCUT2D eigenvalue weighted by molar-refractivity contribution is 0.395. The molecule has 110 valence electrons. The molecule has 20 heavy (non-hydrogen) atoms. The number of ether oxygens (including phenoxy) is 1. The minimum atomic E-state index is -0.0210. The molecule has 0 radical (unpaired) electrons. The van der Waals surface area contributed by atoms with E-state index in [-0.39, 0.29) is 6.04 Å². The van der Waals surface area contributed by atoms with Gasteiger partial charge >= 0.3 is 0 Å². The number of nitrogens with zero attached hydrogens (tertiary/aromatic N) is 4. The molecule has 0 aliphatic carbocycles. The number of aryl methyl sites for hydroxylation is 2. The van der Waals surface area contributed by atoms with Crippen LogP contribution in [0.1, 0.15) is 37.8 Å². The number of methoxy groups -OCH3 is 1. The Morgan fingerprint density at radius 1 is 1.40 bits per heavy atom. The maximum absolute atomic E-state index is 5.47. The summed E-state index contributed by atoms with van der Waals surface area (Å²) in [5.74, 6) is 1.76. The third-order valence-electron chi connectivity index (χ3n) is 3.35. The average Bonchev–Trinajstić information content (AvgIpc) is 3.06. The zero-order valence-corrected chi connectivity index (χ0v) is 12.6. The first-order valence-electron chi connectivity index (χ1n) is 7.03. The Morgan fingerprint density at radius 2 is 2.20 bits per heavy atom. The molecule has 0 bridgehead atoms. The van der Waals surface area contributed by atoms with Crippen molar-refractivity contribution in [2.45, 2.75) is 32.9 Å². The fraction of sp³-hybridized carbons (Fsp3) is 0.571. The number of nitrogens with one attached hydrogen (secondary N) is 1. The lowest BCUT2D eigenvalue weighted by atomic mass is 10.1. The molecule has 1 unspecified atom stereocenters. The van der Waals surface area contributed by atoms with E-state index in [0.717, 1.165) is 36.8 Å². The Bertz CT molecular complexity index is 524.